The van der Waals surface area contributed by atoms with Crippen LogP contribution in [0.15, 0.2) is 40.6 Å². The quantitative estimate of drug-likeness (QED) is 0.494. The highest BCUT2D eigenvalue weighted by Crippen LogP contribution is 2.23. The number of amides is 1. The maximum absolute atomic E-state index is 12.4. The Balaban J connectivity index is 1.99. The molecule has 0 aliphatic rings. The number of anilines is 1. The molecule has 0 aliphatic carbocycles. The van der Waals surface area contributed by atoms with Crippen molar-refractivity contribution in [1.29, 1.82) is 0 Å². The zero-order valence-corrected chi connectivity index (χ0v) is 16.4. The Hall–Kier alpha value is -1.91. The van der Waals surface area contributed by atoms with Gasteiger partial charge in [0.2, 0.25) is 15.9 Å². The molecule has 0 aliphatic heterocycles. The number of carbonyl (C=O) groups excluding carboxylic acids is 1. The number of primary sulfonamides is 1. The van der Waals surface area contributed by atoms with E-state index in [1.165, 1.54) is 30.0 Å². The van der Waals surface area contributed by atoms with Crippen molar-refractivity contribution in [2.75, 3.05) is 5.32 Å². The van der Waals surface area contributed by atoms with Crippen LogP contribution in [0.25, 0.3) is 0 Å². The Morgan fingerprint density at radius 3 is 2.85 bits per heavy atom. The summed E-state index contributed by atoms with van der Waals surface area (Å²) >= 11 is 1.31. The summed E-state index contributed by atoms with van der Waals surface area (Å²) in [6.45, 7) is 4.71. The van der Waals surface area contributed by atoms with Crippen LogP contribution < -0.4 is 10.5 Å². The Kier molecular flexibility index (Phi) is 7.18. The maximum atomic E-state index is 12.4. The predicted octanol–water partition coefficient (Wildman–Crippen LogP) is 2.24. The number of benzene rings is 1. The van der Waals surface area contributed by atoms with Gasteiger partial charge in [-0.05, 0) is 31.5 Å². The van der Waals surface area contributed by atoms with Crippen LogP contribution in [0.2, 0.25) is 0 Å². The lowest BCUT2D eigenvalue weighted by atomic mass is 10.2. The first kappa shape index (κ1) is 20.4. The number of hydrogen-bond acceptors (Lipinski definition) is 6. The number of carbonyl (C=O) groups is 1. The van der Waals surface area contributed by atoms with Crippen LogP contribution in [0.5, 0.6) is 0 Å². The molecular weight excluding hydrogens is 374 g/mol. The normalized spacial score (nSPS) is 12.7. The Morgan fingerprint density at radius 1 is 1.38 bits per heavy atom. The molecule has 0 fully saturated rings. The van der Waals surface area contributed by atoms with Crippen LogP contribution in [0.3, 0.4) is 0 Å². The van der Waals surface area contributed by atoms with Crippen molar-refractivity contribution in [1.82, 2.24) is 14.8 Å². The number of sulfonamides is 1. The molecule has 1 heterocycles. The molecule has 1 amide bonds. The van der Waals surface area contributed by atoms with Crippen molar-refractivity contribution in [2.24, 2.45) is 5.14 Å². The standard InChI is InChI=1S/C16H23N5O3S2/c1-3-4-5-9-21-11-18-20-16(21)25-12(2)15(22)19-13-7-6-8-14(10-13)26(17,23)24/h6-8,10-12H,3-5,9H2,1-2H3,(H,19,22)(H2,17,23,24)/t12-/m0/s1. The van der Waals surface area contributed by atoms with Gasteiger partial charge in [-0.15, -0.1) is 10.2 Å². The highest BCUT2D eigenvalue weighted by atomic mass is 32.2. The summed E-state index contributed by atoms with van der Waals surface area (Å²) < 4.78 is 24.7. The monoisotopic (exact) mass is 397 g/mol. The molecule has 0 unspecified atom stereocenters. The van der Waals surface area contributed by atoms with Crippen LogP contribution in [0.1, 0.15) is 33.1 Å². The predicted molar refractivity (Wildman–Crippen MR) is 101 cm³/mol. The second kappa shape index (κ2) is 9.15. The number of aryl methyl sites for hydroxylation is 1. The van der Waals surface area contributed by atoms with E-state index < -0.39 is 15.3 Å². The summed E-state index contributed by atoms with van der Waals surface area (Å²) in [7, 11) is -3.82. The van der Waals surface area contributed by atoms with Crippen molar-refractivity contribution < 1.29 is 13.2 Å². The van der Waals surface area contributed by atoms with Gasteiger partial charge in [-0.25, -0.2) is 13.6 Å². The third kappa shape index (κ3) is 5.82. The van der Waals surface area contributed by atoms with Crippen molar-refractivity contribution in [3.8, 4) is 0 Å². The first-order chi connectivity index (χ1) is 12.3. The highest BCUT2D eigenvalue weighted by molar-refractivity contribution is 8.00. The number of nitrogens with two attached hydrogens (primary N) is 1. The lowest BCUT2D eigenvalue weighted by Gasteiger charge is -2.13. The van der Waals surface area contributed by atoms with E-state index >= 15 is 0 Å². The second-order valence-corrected chi connectivity index (χ2v) is 8.71. The molecule has 1 aromatic heterocycles. The number of aromatic nitrogens is 3. The van der Waals surface area contributed by atoms with E-state index in [4.69, 9.17) is 5.14 Å². The van der Waals surface area contributed by atoms with E-state index in [2.05, 4.69) is 22.4 Å². The van der Waals surface area contributed by atoms with Gasteiger partial charge in [0.15, 0.2) is 5.16 Å². The summed E-state index contributed by atoms with van der Waals surface area (Å²) in [4.78, 5) is 12.4. The van der Waals surface area contributed by atoms with Gasteiger partial charge >= 0.3 is 0 Å². The molecule has 0 spiro atoms. The number of nitrogens with zero attached hydrogens (tertiary/aromatic N) is 3. The van der Waals surface area contributed by atoms with Crippen molar-refractivity contribution in [3.63, 3.8) is 0 Å². The smallest absolute Gasteiger partial charge is 0.238 e. The number of rotatable bonds is 9. The summed E-state index contributed by atoms with van der Waals surface area (Å²) in [5.74, 6) is -0.260. The van der Waals surface area contributed by atoms with Gasteiger partial charge in [0, 0.05) is 12.2 Å². The summed E-state index contributed by atoms with van der Waals surface area (Å²) in [5.41, 5.74) is 0.374. The van der Waals surface area contributed by atoms with Crippen molar-refractivity contribution in [2.45, 2.75) is 55.0 Å². The Labute approximate surface area is 157 Å². The molecule has 2 aromatic rings. The zero-order valence-electron chi connectivity index (χ0n) is 14.8. The average Bonchev–Trinajstić information content (AvgIpc) is 3.01. The Bertz CT molecular complexity index is 851. The summed E-state index contributed by atoms with van der Waals surface area (Å²) in [5, 5.41) is 16.1. The number of unbranched alkanes of at least 4 members (excludes halogenated alkanes) is 2. The largest absolute Gasteiger partial charge is 0.325 e. The maximum Gasteiger partial charge on any atom is 0.238 e. The van der Waals surface area contributed by atoms with Crippen LogP contribution in [0.4, 0.5) is 5.69 Å². The molecule has 0 saturated carbocycles. The number of thioether (sulfide) groups is 1. The SMILES string of the molecule is CCCCCn1cnnc1S[C@@H](C)C(=O)Nc1cccc(S(N)(=O)=O)c1. The van der Waals surface area contributed by atoms with Gasteiger partial charge < -0.3 is 9.88 Å². The molecule has 26 heavy (non-hydrogen) atoms. The van der Waals surface area contributed by atoms with E-state index in [0.717, 1.165) is 25.8 Å². The molecule has 0 radical (unpaired) electrons. The zero-order chi connectivity index (χ0) is 19.2. The van der Waals surface area contributed by atoms with Gasteiger partial charge in [0.1, 0.15) is 6.33 Å². The molecule has 3 N–H and O–H groups in total. The molecule has 1 aromatic carbocycles. The minimum atomic E-state index is -3.82. The fourth-order valence-corrected chi connectivity index (χ4v) is 3.64. The lowest BCUT2D eigenvalue weighted by Crippen LogP contribution is -2.23. The second-order valence-electron chi connectivity index (χ2n) is 5.84. The first-order valence-electron chi connectivity index (χ1n) is 8.29. The van der Waals surface area contributed by atoms with E-state index in [9.17, 15) is 13.2 Å². The molecule has 0 saturated heterocycles. The lowest BCUT2D eigenvalue weighted by molar-refractivity contribution is -0.115. The molecule has 142 valence electrons. The van der Waals surface area contributed by atoms with Gasteiger partial charge in [-0.2, -0.15) is 0 Å². The van der Waals surface area contributed by atoms with Crippen LogP contribution in [0, 0.1) is 0 Å². The molecule has 10 heteroatoms. The average molecular weight is 398 g/mol. The highest BCUT2D eigenvalue weighted by Gasteiger charge is 2.18. The molecule has 8 nitrogen and oxygen atoms in total. The fraction of sp³-hybridized carbons (Fsp3) is 0.438. The van der Waals surface area contributed by atoms with Gasteiger partial charge in [0.25, 0.3) is 0 Å². The third-order valence-corrected chi connectivity index (χ3v) is 5.67. The van der Waals surface area contributed by atoms with Gasteiger partial charge in [-0.1, -0.05) is 37.6 Å². The number of nitrogens with one attached hydrogen (secondary N) is 1. The van der Waals surface area contributed by atoms with Crippen LogP contribution in [-0.4, -0.2) is 34.3 Å². The topological polar surface area (TPSA) is 120 Å². The molecule has 1 atom stereocenters. The van der Waals surface area contributed by atoms with E-state index in [1.807, 2.05) is 4.57 Å². The van der Waals surface area contributed by atoms with Crippen molar-refractivity contribution >= 4 is 33.4 Å². The van der Waals surface area contributed by atoms with E-state index in [0.29, 0.717) is 10.8 Å². The molecule has 0 bridgehead atoms. The Morgan fingerprint density at radius 2 is 2.15 bits per heavy atom. The molecular formula is C16H23N5O3S2. The van der Waals surface area contributed by atoms with Gasteiger partial charge in [-0.3, -0.25) is 4.79 Å². The van der Waals surface area contributed by atoms with E-state index in [-0.39, 0.29) is 10.8 Å². The minimum Gasteiger partial charge on any atom is -0.325 e. The minimum absolute atomic E-state index is 0.0497. The van der Waals surface area contributed by atoms with Crippen LogP contribution >= 0.6 is 11.8 Å². The first-order valence-corrected chi connectivity index (χ1v) is 10.7. The van der Waals surface area contributed by atoms with Crippen molar-refractivity contribution in [3.05, 3.63) is 30.6 Å². The summed E-state index contributed by atoms with van der Waals surface area (Å²) in [6.07, 6.45) is 4.95. The van der Waals surface area contributed by atoms with Gasteiger partial charge in [0.05, 0.1) is 10.1 Å². The van der Waals surface area contributed by atoms with E-state index in [1.54, 1.807) is 19.3 Å². The fourth-order valence-electron chi connectivity index (χ4n) is 2.23. The van der Waals surface area contributed by atoms with Crippen LogP contribution in [-0.2, 0) is 21.4 Å². The molecule has 2 rings (SSSR count). The third-order valence-electron chi connectivity index (χ3n) is 3.66. The number of hydrogen-bond donors (Lipinski definition) is 2. The summed E-state index contributed by atoms with van der Waals surface area (Å²) in [6, 6.07) is 5.84.